The van der Waals surface area contributed by atoms with E-state index < -0.39 is 0 Å². The summed E-state index contributed by atoms with van der Waals surface area (Å²) in [7, 11) is 0. The molecule has 2 aromatic rings. The maximum Gasteiger partial charge on any atom is 0.222 e. The zero-order chi connectivity index (χ0) is 21.5. The lowest BCUT2D eigenvalue weighted by molar-refractivity contribution is -0.130. The maximum absolute atomic E-state index is 13.8. The van der Waals surface area contributed by atoms with Crippen LogP contribution in [0.5, 0.6) is 0 Å². The zero-order valence-corrected chi connectivity index (χ0v) is 18.2. The fourth-order valence-electron chi connectivity index (χ4n) is 4.90. The van der Waals surface area contributed by atoms with Crippen molar-refractivity contribution in [1.82, 2.24) is 20.1 Å². The second kappa shape index (κ2) is 10.8. The number of hydrogen-bond donors (Lipinski definition) is 1. The molecule has 0 unspecified atom stereocenters. The highest BCUT2D eigenvalue weighted by molar-refractivity contribution is 5.78. The Morgan fingerprint density at radius 1 is 1.13 bits per heavy atom. The van der Waals surface area contributed by atoms with Gasteiger partial charge in [-0.3, -0.25) is 14.7 Å². The number of halogens is 1. The van der Waals surface area contributed by atoms with Crippen LogP contribution in [-0.4, -0.2) is 52.9 Å². The van der Waals surface area contributed by atoms with Gasteiger partial charge < -0.3 is 10.2 Å². The summed E-state index contributed by atoms with van der Waals surface area (Å²) in [5.74, 6) is 0.0820. The van der Waals surface area contributed by atoms with Crippen molar-refractivity contribution in [2.24, 2.45) is 0 Å². The molecule has 2 aliphatic heterocycles. The van der Waals surface area contributed by atoms with E-state index in [9.17, 15) is 9.18 Å². The highest BCUT2D eigenvalue weighted by Crippen LogP contribution is 2.29. The molecule has 1 N–H and O–H groups in total. The molecule has 4 rings (SSSR count). The minimum atomic E-state index is -0.173. The minimum Gasteiger partial charge on any atom is -0.338 e. The molecule has 0 aliphatic carbocycles. The summed E-state index contributed by atoms with van der Waals surface area (Å²) < 4.78 is 13.8. The molecule has 0 saturated carbocycles. The van der Waals surface area contributed by atoms with Crippen molar-refractivity contribution >= 4 is 5.91 Å². The first kappa shape index (κ1) is 21.9. The van der Waals surface area contributed by atoms with Crippen molar-refractivity contribution < 1.29 is 9.18 Å². The SMILES string of the molecule is O=C1CC[C@H](CCNCc2ccccc2F)N1C[C@H](c1cccnc1)N1CCCCC1. The van der Waals surface area contributed by atoms with Gasteiger partial charge in [0.25, 0.3) is 0 Å². The number of nitrogens with zero attached hydrogens (tertiary/aromatic N) is 3. The van der Waals surface area contributed by atoms with E-state index in [2.05, 4.69) is 26.2 Å². The summed E-state index contributed by atoms with van der Waals surface area (Å²) in [5, 5.41) is 3.35. The fourth-order valence-corrected chi connectivity index (χ4v) is 4.90. The summed E-state index contributed by atoms with van der Waals surface area (Å²) in [6.07, 6.45) is 9.89. The Labute approximate surface area is 184 Å². The first-order chi connectivity index (χ1) is 15.2. The maximum atomic E-state index is 13.8. The molecule has 0 spiro atoms. The first-order valence-electron chi connectivity index (χ1n) is 11.6. The van der Waals surface area contributed by atoms with Crippen molar-refractivity contribution in [3.8, 4) is 0 Å². The molecule has 3 heterocycles. The van der Waals surface area contributed by atoms with E-state index in [0.717, 1.165) is 39.0 Å². The van der Waals surface area contributed by atoms with Gasteiger partial charge >= 0.3 is 0 Å². The smallest absolute Gasteiger partial charge is 0.222 e. The Morgan fingerprint density at radius 3 is 2.74 bits per heavy atom. The largest absolute Gasteiger partial charge is 0.338 e. The van der Waals surface area contributed by atoms with Crippen LogP contribution in [0.4, 0.5) is 4.39 Å². The molecular weight excluding hydrogens is 391 g/mol. The van der Waals surface area contributed by atoms with Gasteiger partial charge in [-0.05, 0) is 63.0 Å². The normalized spacial score (nSPS) is 20.9. The van der Waals surface area contributed by atoms with Crippen molar-refractivity contribution in [2.45, 2.75) is 57.2 Å². The Kier molecular flexibility index (Phi) is 7.65. The number of carbonyl (C=O) groups is 1. The van der Waals surface area contributed by atoms with Crippen molar-refractivity contribution in [3.63, 3.8) is 0 Å². The zero-order valence-electron chi connectivity index (χ0n) is 18.2. The lowest BCUT2D eigenvalue weighted by Gasteiger charge is -2.38. The van der Waals surface area contributed by atoms with Gasteiger partial charge in [-0.25, -0.2) is 4.39 Å². The van der Waals surface area contributed by atoms with Crippen molar-refractivity contribution in [3.05, 3.63) is 65.7 Å². The van der Waals surface area contributed by atoms with Crippen LogP contribution in [0.1, 0.15) is 55.7 Å². The predicted octanol–water partition coefficient (Wildman–Crippen LogP) is 3.92. The number of benzene rings is 1. The van der Waals surface area contributed by atoms with Crippen LogP contribution < -0.4 is 5.32 Å². The van der Waals surface area contributed by atoms with Crippen molar-refractivity contribution in [1.29, 1.82) is 0 Å². The van der Waals surface area contributed by atoms with Gasteiger partial charge in [-0.1, -0.05) is 30.7 Å². The Bertz CT molecular complexity index is 840. The van der Waals surface area contributed by atoms with Gasteiger partial charge in [0.1, 0.15) is 5.82 Å². The summed E-state index contributed by atoms with van der Waals surface area (Å²) in [6, 6.07) is 11.4. The molecule has 31 heavy (non-hydrogen) atoms. The average Bonchev–Trinajstić information content (AvgIpc) is 3.16. The van der Waals surface area contributed by atoms with Crippen LogP contribution in [-0.2, 0) is 11.3 Å². The third kappa shape index (κ3) is 5.69. The first-order valence-corrected chi connectivity index (χ1v) is 11.6. The fraction of sp³-hybridized carbons (Fsp3) is 0.520. The van der Waals surface area contributed by atoms with Gasteiger partial charge in [-0.15, -0.1) is 0 Å². The third-order valence-electron chi connectivity index (χ3n) is 6.65. The molecule has 1 aromatic heterocycles. The molecule has 166 valence electrons. The highest BCUT2D eigenvalue weighted by Gasteiger charge is 2.34. The van der Waals surface area contributed by atoms with E-state index >= 15 is 0 Å². The molecule has 0 bridgehead atoms. The Morgan fingerprint density at radius 2 is 1.97 bits per heavy atom. The Balaban J connectivity index is 1.37. The number of likely N-dealkylation sites (tertiary alicyclic amines) is 2. The summed E-state index contributed by atoms with van der Waals surface area (Å²) in [4.78, 5) is 21.7. The van der Waals surface area contributed by atoms with Crippen LogP contribution in [0.3, 0.4) is 0 Å². The number of hydrogen-bond acceptors (Lipinski definition) is 4. The monoisotopic (exact) mass is 424 g/mol. The lowest BCUT2D eigenvalue weighted by atomic mass is 10.0. The number of carbonyl (C=O) groups excluding carboxylic acids is 1. The molecule has 6 heteroatoms. The van der Waals surface area contributed by atoms with E-state index in [4.69, 9.17) is 0 Å². The summed E-state index contributed by atoms with van der Waals surface area (Å²) in [5.41, 5.74) is 1.88. The standard InChI is InChI=1S/C25H33FN4O/c26-23-9-3-2-7-20(23)17-28-14-12-22-10-11-25(31)30(22)19-24(21-8-6-13-27-18-21)29-15-4-1-5-16-29/h2-3,6-9,13,18,22,24,28H,1,4-5,10-12,14-17,19H2/t22-,24-/m1/s1. The van der Waals surface area contributed by atoms with Gasteiger partial charge in [0.2, 0.25) is 5.91 Å². The molecule has 2 aliphatic rings. The molecule has 1 amide bonds. The number of piperidine rings is 1. The molecule has 5 nitrogen and oxygen atoms in total. The van der Waals surface area contributed by atoms with E-state index in [0.29, 0.717) is 18.5 Å². The summed E-state index contributed by atoms with van der Waals surface area (Å²) in [6.45, 7) is 4.17. The minimum absolute atomic E-state index is 0.173. The topological polar surface area (TPSA) is 48.5 Å². The second-order valence-corrected chi connectivity index (χ2v) is 8.69. The van der Waals surface area contributed by atoms with E-state index in [1.54, 1.807) is 6.07 Å². The van der Waals surface area contributed by atoms with E-state index in [1.807, 2.05) is 30.6 Å². The molecular formula is C25H33FN4O. The molecule has 2 fully saturated rings. The lowest BCUT2D eigenvalue weighted by Crippen LogP contribution is -2.44. The van der Waals surface area contributed by atoms with Crippen LogP contribution in [0.2, 0.25) is 0 Å². The number of pyridine rings is 1. The number of rotatable bonds is 9. The molecule has 1 aromatic carbocycles. The van der Waals surface area contributed by atoms with Gasteiger partial charge in [0, 0.05) is 43.5 Å². The number of aromatic nitrogens is 1. The molecule has 2 atom stereocenters. The molecule has 2 saturated heterocycles. The van der Waals surface area contributed by atoms with Crippen LogP contribution >= 0.6 is 0 Å². The van der Waals surface area contributed by atoms with Crippen LogP contribution in [0.15, 0.2) is 48.8 Å². The van der Waals surface area contributed by atoms with E-state index in [1.165, 1.54) is 30.9 Å². The van der Waals surface area contributed by atoms with Gasteiger partial charge in [0.15, 0.2) is 0 Å². The Hall–Kier alpha value is -2.31. The summed E-state index contributed by atoms with van der Waals surface area (Å²) >= 11 is 0. The third-order valence-corrected chi connectivity index (χ3v) is 6.65. The van der Waals surface area contributed by atoms with Crippen LogP contribution in [0.25, 0.3) is 0 Å². The van der Waals surface area contributed by atoms with Crippen LogP contribution in [0, 0.1) is 5.82 Å². The quantitative estimate of drug-likeness (QED) is 0.620. The van der Waals surface area contributed by atoms with Gasteiger partial charge in [-0.2, -0.15) is 0 Å². The van der Waals surface area contributed by atoms with Gasteiger partial charge in [0.05, 0.1) is 6.04 Å². The van der Waals surface area contributed by atoms with Crippen molar-refractivity contribution in [2.75, 3.05) is 26.2 Å². The highest BCUT2D eigenvalue weighted by atomic mass is 19.1. The number of nitrogens with one attached hydrogen (secondary N) is 1. The average molecular weight is 425 g/mol. The number of amides is 1. The second-order valence-electron chi connectivity index (χ2n) is 8.69. The van der Waals surface area contributed by atoms with E-state index in [-0.39, 0.29) is 23.8 Å². The molecule has 0 radical (unpaired) electrons. The predicted molar refractivity (Wildman–Crippen MR) is 120 cm³/mol.